The van der Waals surface area contributed by atoms with E-state index in [-0.39, 0.29) is 0 Å². The Kier molecular flexibility index (Phi) is 4.50. The molecule has 4 aromatic heterocycles. The molecular formula is C20H19FN6. The fourth-order valence-electron chi connectivity index (χ4n) is 3.27. The summed E-state index contributed by atoms with van der Waals surface area (Å²) in [6.45, 7) is 5.35. The first-order valence-corrected chi connectivity index (χ1v) is 8.79. The third-order valence-corrected chi connectivity index (χ3v) is 4.42. The Hall–Kier alpha value is -3.35. The van der Waals surface area contributed by atoms with Crippen molar-refractivity contribution in [3.63, 3.8) is 0 Å². The maximum absolute atomic E-state index is 13.5. The van der Waals surface area contributed by atoms with E-state index < -0.39 is 5.95 Å². The number of hydrogen-bond donors (Lipinski definition) is 0. The van der Waals surface area contributed by atoms with Crippen molar-refractivity contribution in [1.29, 1.82) is 0 Å². The van der Waals surface area contributed by atoms with E-state index in [0.717, 1.165) is 29.5 Å². The van der Waals surface area contributed by atoms with Crippen LogP contribution in [0.3, 0.4) is 0 Å². The molecule has 0 aliphatic carbocycles. The predicted octanol–water partition coefficient (Wildman–Crippen LogP) is 3.72. The first-order valence-electron chi connectivity index (χ1n) is 8.79. The van der Waals surface area contributed by atoms with Crippen molar-refractivity contribution in [2.24, 2.45) is 0 Å². The van der Waals surface area contributed by atoms with Gasteiger partial charge in [0.05, 0.1) is 23.6 Å². The third kappa shape index (κ3) is 3.23. The van der Waals surface area contributed by atoms with Gasteiger partial charge >= 0.3 is 0 Å². The van der Waals surface area contributed by atoms with Crippen LogP contribution in [-0.4, -0.2) is 29.1 Å². The van der Waals surface area contributed by atoms with Gasteiger partial charge in [0, 0.05) is 25.1 Å². The van der Waals surface area contributed by atoms with Gasteiger partial charge in [-0.1, -0.05) is 12.1 Å². The molecule has 0 saturated carbocycles. The Balaban J connectivity index is 1.74. The minimum atomic E-state index is -0.523. The number of aromatic nitrogens is 6. The zero-order chi connectivity index (χ0) is 18.8. The van der Waals surface area contributed by atoms with Crippen LogP contribution in [0.25, 0.3) is 22.9 Å². The van der Waals surface area contributed by atoms with Crippen LogP contribution in [0.4, 0.5) is 4.39 Å². The summed E-state index contributed by atoms with van der Waals surface area (Å²) < 4.78 is 17.6. The average molecular weight is 362 g/mol. The summed E-state index contributed by atoms with van der Waals surface area (Å²) in [6, 6.07) is 10.6. The molecule has 0 N–H and O–H groups in total. The van der Waals surface area contributed by atoms with Crippen molar-refractivity contribution in [2.75, 3.05) is 0 Å². The van der Waals surface area contributed by atoms with E-state index in [1.54, 1.807) is 24.5 Å². The summed E-state index contributed by atoms with van der Waals surface area (Å²) in [5, 5.41) is 0. The fourth-order valence-corrected chi connectivity index (χ4v) is 3.27. The molecule has 0 saturated heterocycles. The summed E-state index contributed by atoms with van der Waals surface area (Å²) in [4.78, 5) is 17.5. The SMILES string of the molecule is CCn1c(Cn2ccnc2-c2cccc(F)n2)nc(C)c1-c1ccccn1. The molecule has 7 heteroatoms. The Morgan fingerprint density at radius 3 is 2.56 bits per heavy atom. The van der Waals surface area contributed by atoms with E-state index >= 15 is 0 Å². The highest BCUT2D eigenvalue weighted by Gasteiger charge is 2.17. The van der Waals surface area contributed by atoms with Gasteiger partial charge in [0.25, 0.3) is 0 Å². The highest BCUT2D eigenvalue weighted by atomic mass is 19.1. The zero-order valence-corrected chi connectivity index (χ0v) is 15.2. The maximum Gasteiger partial charge on any atom is 0.213 e. The van der Waals surface area contributed by atoms with Crippen molar-refractivity contribution < 1.29 is 4.39 Å². The summed E-state index contributed by atoms with van der Waals surface area (Å²) in [5.41, 5.74) is 3.33. The van der Waals surface area contributed by atoms with Crippen LogP contribution in [0.5, 0.6) is 0 Å². The number of hydrogen-bond acceptors (Lipinski definition) is 4. The molecule has 0 spiro atoms. The molecule has 0 unspecified atom stereocenters. The Morgan fingerprint density at radius 1 is 0.963 bits per heavy atom. The van der Waals surface area contributed by atoms with Gasteiger partial charge in [-0.25, -0.2) is 15.0 Å². The standard InChI is InChI=1S/C20H19FN6/c1-3-27-18(24-14(2)19(27)15-7-4-5-10-22-15)13-26-12-11-23-20(26)16-8-6-9-17(21)25-16/h4-12H,3,13H2,1-2H3. The molecule has 136 valence electrons. The van der Waals surface area contributed by atoms with Crippen molar-refractivity contribution >= 4 is 0 Å². The Labute approximate surface area is 156 Å². The minimum absolute atomic E-state index is 0.497. The van der Waals surface area contributed by atoms with Crippen LogP contribution >= 0.6 is 0 Å². The topological polar surface area (TPSA) is 61.4 Å². The Morgan fingerprint density at radius 2 is 1.81 bits per heavy atom. The molecule has 0 amide bonds. The van der Waals surface area contributed by atoms with Crippen LogP contribution in [0, 0.1) is 12.9 Å². The molecular weight excluding hydrogens is 343 g/mol. The number of pyridine rings is 2. The van der Waals surface area contributed by atoms with E-state index in [0.29, 0.717) is 18.1 Å². The molecule has 0 bridgehead atoms. The molecule has 4 aromatic rings. The van der Waals surface area contributed by atoms with Gasteiger partial charge in [-0.3, -0.25) is 4.98 Å². The molecule has 27 heavy (non-hydrogen) atoms. The summed E-state index contributed by atoms with van der Waals surface area (Å²) >= 11 is 0. The zero-order valence-electron chi connectivity index (χ0n) is 15.2. The van der Waals surface area contributed by atoms with Gasteiger partial charge in [-0.2, -0.15) is 4.39 Å². The second kappa shape index (κ2) is 7.11. The molecule has 0 radical (unpaired) electrons. The van der Waals surface area contributed by atoms with Gasteiger partial charge in [0.15, 0.2) is 5.82 Å². The first-order chi connectivity index (χ1) is 13.2. The third-order valence-electron chi connectivity index (χ3n) is 4.42. The van der Waals surface area contributed by atoms with Gasteiger partial charge in [0.1, 0.15) is 11.5 Å². The largest absolute Gasteiger partial charge is 0.325 e. The van der Waals surface area contributed by atoms with E-state index in [1.807, 2.05) is 35.9 Å². The molecule has 0 atom stereocenters. The maximum atomic E-state index is 13.5. The number of nitrogens with zero attached hydrogens (tertiary/aromatic N) is 6. The van der Waals surface area contributed by atoms with Crippen LogP contribution in [0.1, 0.15) is 18.4 Å². The monoisotopic (exact) mass is 362 g/mol. The quantitative estimate of drug-likeness (QED) is 0.508. The highest BCUT2D eigenvalue weighted by Crippen LogP contribution is 2.24. The second-order valence-electron chi connectivity index (χ2n) is 6.15. The van der Waals surface area contributed by atoms with Gasteiger partial charge in [0.2, 0.25) is 5.95 Å². The van der Waals surface area contributed by atoms with Crippen molar-refractivity contribution in [1.82, 2.24) is 29.1 Å². The lowest BCUT2D eigenvalue weighted by molar-refractivity contribution is 0.584. The van der Waals surface area contributed by atoms with Crippen LogP contribution in [-0.2, 0) is 13.1 Å². The molecule has 0 fully saturated rings. The molecule has 0 aromatic carbocycles. The lowest BCUT2D eigenvalue weighted by Gasteiger charge is -2.11. The van der Waals surface area contributed by atoms with Gasteiger partial charge < -0.3 is 9.13 Å². The van der Waals surface area contributed by atoms with Gasteiger partial charge in [-0.05, 0) is 38.1 Å². The van der Waals surface area contributed by atoms with Gasteiger partial charge in [-0.15, -0.1) is 0 Å². The highest BCUT2D eigenvalue weighted by molar-refractivity contribution is 5.58. The fraction of sp³-hybridized carbons (Fsp3) is 0.200. The molecule has 0 aliphatic heterocycles. The number of halogens is 1. The molecule has 6 nitrogen and oxygen atoms in total. The number of aryl methyl sites for hydroxylation is 1. The Bertz CT molecular complexity index is 1070. The molecule has 0 aliphatic rings. The van der Waals surface area contributed by atoms with Crippen molar-refractivity contribution in [2.45, 2.75) is 26.9 Å². The number of rotatable bonds is 5. The smallest absolute Gasteiger partial charge is 0.213 e. The normalized spacial score (nSPS) is 11.1. The summed E-state index contributed by atoms with van der Waals surface area (Å²) in [6.07, 6.45) is 5.32. The minimum Gasteiger partial charge on any atom is -0.325 e. The van der Waals surface area contributed by atoms with E-state index in [1.165, 1.54) is 6.07 Å². The van der Waals surface area contributed by atoms with Crippen LogP contribution < -0.4 is 0 Å². The van der Waals surface area contributed by atoms with E-state index in [9.17, 15) is 4.39 Å². The van der Waals surface area contributed by atoms with Crippen molar-refractivity contribution in [3.05, 3.63) is 72.5 Å². The predicted molar refractivity (Wildman–Crippen MR) is 100 cm³/mol. The van der Waals surface area contributed by atoms with E-state index in [4.69, 9.17) is 4.98 Å². The summed E-state index contributed by atoms with van der Waals surface area (Å²) in [7, 11) is 0. The van der Waals surface area contributed by atoms with Crippen LogP contribution in [0.2, 0.25) is 0 Å². The van der Waals surface area contributed by atoms with Crippen molar-refractivity contribution in [3.8, 4) is 22.9 Å². The molecule has 4 rings (SSSR count). The van der Waals surface area contributed by atoms with Crippen LogP contribution in [0.15, 0.2) is 55.0 Å². The first kappa shape index (κ1) is 17.1. The molecule has 4 heterocycles. The van der Waals surface area contributed by atoms with E-state index in [2.05, 4.69) is 26.4 Å². The average Bonchev–Trinajstić information content (AvgIpc) is 3.26. The summed E-state index contributed by atoms with van der Waals surface area (Å²) in [5.74, 6) is 0.980. The number of imidazole rings is 2. The lowest BCUT2D eigenvalue weighted by atomic mass is 10.2. The second-order valence-corrected chi connectivity index (χ2v) is 6.15. The lowest BCUT2D eigenvalue weighted by Crippen LogP contribution is -2.10.